The van der Waals surface area contributed by atoms with Crippen LogP contribution in [0.3, 0.4) is 0 Å². The second-order valence-electron chi connectivity index (χ2n) is 7.07. The Hall–Kier alpha value is -1.64. The lowest BCUT2D eigenvalue weighted by atomic mass is 9.88. The summed E-state index contributed by atoms with van der Waals surface area (Å²) in [5.74, 6) is 0. The predicted molar refractivity (Wildman–Crippen MR) is 100 cm³/mol. The highest BCUT2D eigenvalue weighted by molar-refractivity contribution is 5.39. The maximum absolute atomic E-state index is 9.53. The SMILES string of the molecule is Cc1ccc(C)c(C(c2ccccc2)N2CCCCC2CCO)c1. The minimum Gasteiger partial charge on any atom is -0.396 e. The van der Waals surface area contributed by atoms with E-state index in [1.807, 2.05) is 0 Å². The molecule has 0 aromatic heterocycles. The highest BCUT2D eigenvalue weighted by Crippen LogP contribution is 2.36. The van der Waals surface area contributed by atoms with Crippen LogP contribution in [0.4, 0.5) is 0 Å². The molecule has 2 unspecified atom stereocenters. The topological polar surface area (TPSA) is 23.5 Å². The van der Waals surface area contributed by atoms with Crippen LogP contribution in [-0.4, -0.2) is 29.2 Å². The van der Waals surface area contributed by atoms with E-state index >= 15 is 0 Å². The predicted octanol–water partition coefficient (Wildman–Crippen LogP) is 4.63. The molecule has 0 radical (unpaired) electrons. The molecule has 128 valence electrons. The average molecular weight is 323 g/mol. The van der Waals surface area contributed by atoms with Gasteiger partial charge in [-0.2, -0.15) is 0 Å². The van der Waals surface area contributed by atoms with E-state index in [0.717, 1.165) is 13.0 Å². The van der Waals surface area contributed by atoms with Crippen LogP contribution < -0.4 is 0 Å². The van der Waals surface area contributed by atoms with Crippen LogP contribution in [0.1, 0.15) is 54.0 Å². The number of nitrogens with zero attached hydrogens (tertiary/aromatic N) is 1. The van der Waals surface area contributed by atoms with E-state index in [0.29, 0.717) is 6.04 Å². The van der Waals surface area contributed by atoms with Crippen LogP contribution in [-0.2, 0) is 0 Å². The smallest absolute Gasteiger partial charge is 0.0606 e. The van der Waals surface area contributed by atoms with E-state index in [9.17, 15) is 5.11 Å². The Morgan fingerprint density at radius 2 is 1.88 bits per heavy atom. The van der Waals surface area contributed by atoms with Crippen LogP contribution in [0.25, 0.3) is 0 Å². The molecule has 3 rings (SSSR count). The van der Waals surface area contributed by atoms with Crippen molar-refractivity contribution in [2.75, 3.05) is 13.2 Å². The van der Waals surface area contributed by atoms with Gasteiger partial charge >= 0.3 is 0 Å². The largest absolute Gasteiger partial charge is 0.396 e. The first-order valence-electron chi connectivity index (χ1n) is 9.19. The Balaban J connectivity index is 2.06. The molecule has 1 heterocycles. The molecule has 2 atom stereocenters. The number of rotatable bonds is 5. The zero-order valence-corrected chi connectivity index (χ0v) is 14.9. The Morgan fingerprint density at radius 1 is 1.08 bits per heavy atom. The summed E-state index contributed by atoms with van der Waals surface area (Å²) < 4.78 is 0. The van der Waals surface area contributed by atoms with Crippen molar-refractivity contribution in [1.29, 1.82) is 0 Å². The first kappa shape index (κ1) is 17.2. The molecule has 0 aliphatic carbocycles. The summed E-state index contributed by atoms with van der Waals surface area (Å²) in [4.78, 5) is 2.64. The van der Waals surface area contributed by atoms with Gasteiger partial charge in [-0.1, -0.05) is 60.5 Å². The second kappa shape index (κ2) is 7.96. The van der Waals surface area contributed by atoms with E-state index in [4.69, 9.17) is 0 Å². The molecule has 0 saturated carbocycles. The highest BCUT2D eigenvalue weighted by Gasteiger charge is 2.31. The van der Waals surface area contributed by atoms with Crippen molar-refractivity contribution in [2.24, 2.45) is 0 Å². The molecular formula is C22H29NO. The van der Waals surface area contributed by atoms with Gasteiger partial charge in [0, 0.05) is 12.6 Å². The number of piperidine rings is 1. The molecule has 0 amide bonds. The van der Waals surface area contributed by atoms with E-state index in [-0.39, 0.29) is 12.6 Å². The monoisotopic (exact) mass is 323 g/mol. The number of likely N-dealkylation sites (tertiary alicyclic amines) is 1. The molecule has 2 heteroatoms. The minimum atomic E-state index is 0.273. The summed E-state index contributed by atoms with van der Waals surface area (Å²) >= 11 is 0. The lowest BCUT2D eigenvalue weighted by Crippen LogP contribution is -2.43. The molecule has 1 saturated heterocycles. The summed E-state index contributed by atoms with van der Waals surface area (Å²) in [5.41, 5.74) is 5.43. The Morgan fingerprint density at radius 3 is 2.62 bits per heavy atom. The number of benzene rings is 2. The normalized spacial score (nSPS) is 20.0. The van der Waals surface area contributed by atoms with E-state index < -0.39 is 0 Å². The number of hydrogen-bond acceptors (Lipinski definition) is 2. The van der Waals surface area contributed by atoms with Gasteiger partial charge in [0.25, 0.3) is 0 Å². The first-order valence-corrected chi connectivity index (χ1v) is 9.19. The number of hydrogen-bond donors (Lipinski definition) is 1. The van der Waals surface area contributed by atoms with Gasteiger partial charge < -0.3 is 5.11 Å². The average Bonchev–Trinajstić information content (AvgIpc) is 2.61. The van der Waals surface area contributed by atoms with Gasteiger partial charge in [0.15, 0.2) is 0 Å². The molecule has 24 heavy (non-hydrogen) atoms. The van der Waals surface area contributed by atoms with Crippen molar-refractivity contribution >= 4 is 0 Å². The van der Waals surface area contributed by atoms with Crippen molar-refractivity contribution in [3.05, 3.63) is 70.8 Å². The minimum absolute atomic E-state index is 0.273. The summed E-state index contributed by atoms with van der Waals surface area (Å²) in [6.45, 7) is 5.77. The van der Waals surface area contributed by atoms with E-state index in [1.165, 1.54) is 41.5 Å². The molecule has 0 bridgehead atoms. The maximum atomic E-state index is 9.53. The van der Waals surface area contributed by atoms with Crippen molar-refractivity contribution in [2.45, 2.75) is 51.6 Å². The summed E-state index contributed by atoms with van der Waals surface area (Å²) in [6, 6.07) is 18.4. The van der Waals surface area contributed by atoms with Gasteiger partial charge in [-0.25, -0.2) is 0 Å². The lowest BCUT2D eigenvalue weighted by Gasteiger charge is -2.42. The van der Waals surface area contributed by atoms with Crippen LogP contribution in [0, 0.1) is 13.8 Å². The fourth-order valence-electron chi connectivity index (χ4n) is 4.06. The molecule has 2 nitrogen and oxygen atoms in total. The number of aliphatic hydroxyl groups is 1. The third kappa shape index (κ3) is 3.71. The van der Waals surface area contributed by atoms with Gasteiger partial charge in [-0.3, -0.25) is 4.90 Å². The first-order chi connectivity index (χ1) is 11.7. The van der Waals surface area contributed by atoms with Gasteiger partial charge in [0.1, 0.15) is 0 Å². The molecule has 2 aromatic carbocycles. The Bertz CT molecular complexity index is 650. The quantitative estimate of drug-likeness (QED) is 0.867. The summed E-state index contributed by atoms with van der Waals surface area (Å²) in [6.07, 6.45) is 4.58. The van der Waals surface area contributed by atoms with Crippen molar-refractivity contribution in [1.82, 2.24) is 4.90 Å². The number of aryl methyl sites for hydroxylation is 2. The second-order valence-corrected chi connectivity index (χ2v) is 7.07. The Labute approximate surface area is 146 Å². The van der Waals surface area contributed by atoms with E-state index in [1.54, 1.807) is 0 Å². The van der Waals surface area contributed by atoms with Gasteiger partial charge in [0.2, 0.25) is 0 Å². The molecule has 2 aromatic rings. The van der Waals surface area contributed by atoms with Crippen molar-refractivity contribution < 1.29 is 5.11 Å². The van der Waals surface area contributed by atoms with Crippen LogP contribution in [0.2, 0.25) is 0 Å². The van der Waals surface area contributed by atoms with Crippen LogP contribution in [0.15, 0.2) is 48.5 Å². The van der Waals surface area contributed by atoms with Gasteiger partial charge in [-0.05, 0) is 56.3 Å². The molecule has 1 aliphatic rings. The molecule has 1 fully saturated rings. The standard InChI is InChI=1S/C22H29NO/c1-17-11-12-18(2)21(16-17)22(19-8-4-3-5-9-19)23-14-7-6-10-20(23)13-15-24/h3-5,8-9,11-12,16,20,22,24H,6-7,10,13-15H2,1-2H3. The van der Waals surface area contributed by atoms with Crippen molar-refractivity contribution in [3.63, 3.8) is 0 Å². The lowest BCUT2D eigenvalue weighted by molar-refractivity contribution is 0.0906. The molecule has 0 spiro atoms. The maximum Gasteiger partial charge on any atom is 0.0606 e. The third-order valence-corrected chi connectivity index (χ3v) is 5.31. The zero-order chi connectivity index (χ0) is 16.9. The Kier molecular flexibility index (Phi) is 5.70. The van der Waals surface area contributed by atoms with E-state index in [2.05, 4.69) is 67.3 Å². The summed E-state index contributed by atoms with van der Waals surface area (Å²) in [7, 11) is 0. The highest BCUT2D eigenvalue weighted by atomic mass is 16.3. The number of aliphatic hydroxyl groups excluding tert-OH is 1. The molecular weight excluding hydrogens is 294 g/mol. The molecule has 1 aliphatic heterocycles. The fourth-order valence-corrected chi connectivity index (χ4v) is 4.06. The fraction of sp³-hybridized carbons (Fsp3) is 0.455. The summed E-state index contributed by atoms with van der Waals surface area (Å²) in [5, 5.41) is 9.53. The van der Waals surface area contributed by atoms with Crippen LogP contribution >= 0.6 is 0 Å². The van der Waals surface area contributed by atoms with Crippen LogP contribution in [0.5, 0.6) is 0 Å². The third-order valence-electron chi connectivity index (χ3n) is 5.31. The van der Waals surface area contributed by atoms with Gasteiger partial charge in [0.05, 0.1) is 6.04 Å². The van der Waals surface area contributed by atoms with Crippen molar-refractivity contribution in [3.8, 4) is 0 Å². The molecule has 1 N–H and O–H groups in total. The van der Waals surface area contributed by atoms with Gasteiger partial charge in [-0.15, -0.1) is 0 Å². The zero-order valence-electron chi connectivity index (χ0n) is 14.9.